The van der Waals surface area contributed by atoms with Gasteiger partial charge < -0.3 is 9.47 Å². The second kappa shape index (κ2) is 11.0. The van der Waals surface area contributed by atoms with E-state index in [2.05, 4.69) is 167 Å². The average molecular weight is 617 g/mol. The summed E-state index contributed by atoms with van der Waals surface area (Å²) in [5.74, 6) is 0.352. The highest BCUT2D eigenvalue weighted by Crippen LogP contribution is 2.49. The van der Waals surface area contributed by atoms with E-state index in [1.54, 1.807) is 0 Å². The third-order valence-electron chi connectivity index (χ3n) is 10.9. The molecule has 3 aliphatic carbocycles. The van der Waals surface area contributed by atoms with Crippen LogP contribution in [-0.2, 0) is 6.42 Å². The van der Waals surface area contributed by atoms with Crippen LogP contribution in [0.15, 0.2) is 157 Å². The van der Waals surface area contributed by atoms with Gasteiger partial charge in [0, 0.05) is 33.6 Å². The fourth-order valence-electron chi connectivity index (χ4n) is 8.67. The summed E-state index contributed by atoms with van der Waals surface area (Å²) in [6.45, 7) is 0. The summed E-state index contributed by atoms with van der Waals surface area (Å²) in [5.41, 5.74) is 15.8. The Hall–Kier alpha value is -5.60. The molecule has 0 bridgehead atoms. The van der Waals surface area contributed by atoms with E-state index in [0.29, 0.717) is 12.0 Å². The lowest BCUT2D eigenvalue weighted by Gasteiger charge is -2.31. The lowest BCUT2D eigenvalue weighted by molar-refractivity contribution is 0.701. The number of rotatable bonds is 4. The van der Waals surface area contributed by atoms with Gasteiger partial charge in [-0.05, 0) is 102 Å². The number of hydrogen-bond donors (Lipinski definition) is 0. The van der Waals surface area contributed by atoms with Crippen molar-refractivity contribution in [3.05, 3.63) is 174 Å². The Kier molecular flexibility index (Phi) is 6.30. The Morgan fingerprint density at radius 3 is 2.27 bits per heavy atom. The molecule has 48 heavy (non-hydrogen) atoms. The number of aromatic nitrogens is 1. The molecule has 0 radical (unpaired) electrons. The van der Waals surface area contributed by atoms with Gasteiger partial charge in [-0.3, -0.25) is 0 Å². The van der Waals surface area contributed by atoms with Crippen LogP contribution in [0.2, 0.25) is 0 Å². The third-order valence-corrected chi connectivity index (χ3v) is 10.9. The molecule has 5 aromatic carbocycles. The van der Waals surface area contributed by atoms with E-state index in [1.807, 2.05) is 0 Å². The number of para-hydroxylation sites is 1. The first-order valence-corrected chi connectivity index (χ1v) is 17.4. The summed E-state index contributed by atoms with van der Waals surface area (Å²) in [4.78, 5) is 2.59. The van der Waals surface area contributed by atoms with Gasteiger partial charge in [0.1, 0.15) is 0 Å². The van der Waals surface area contributed by atoms with Gasteiger partial charge in [-0.25, -0.2) is 0 Å². The normalized spacial score (nSPS) is 19.1. The Morgan fingerprint density at radius 1 is 0.583 bits per heavy atom. The monoisotopic (exact) mass is 616 g/mol. The summed E-state index contributed by atoms with van der Waals surface area (Å²) in [6.07, 6.45) is 25.0. The van der Waals surface area contributed by atoms with Crippen LogP contribution >= 0.6 is 0 Å². The maximum absolute atomic E-state index is 2.59. The van der Waals surface area contributed by atoms with Crippen molar-refractivity contribution in [1.29, 1.82) is 0 Å². The Bertz CT molecular complexity index is 2430. The van der Waals surface area contributed by atoms with E-state index < -0.39 is 0 Å². The summed E-state index contributed by atoms with van der Waals surface area (Å²) in [6, 6.07) is 39.2. The van der Waals surface area contributed by atoms with Crippen LogP contribution < -0.4 is 4.90 Å². The third kappa shape index (κ3) is 4.19. The zero-order valence-corrected chi connectivity index (χ0v) is 26.9. The predicted molar refractivity (Wildman–Crippen MR) is 203 cm³/mol. The molecule has 1 aromatic heterocycles. The number of nitrogens with zero attached hydrogens (tertiary/aromatic N) is 2. The highest BCUT2D eigenvalue weighted by molar-refractivity contribution is 6.11. The summed E-state index contributed by atoms with van der Waals surface area (Å²) >= 11 is 0. The van der Waals surface area contributed by atoms with Crippen LogP contribution in [0.4, 0.5) is 5.69 Å². The van der Waals surface area contributed by atoms with Crippen molar-refractivity contribution in [2.75, 3.05) is 4.90 Å². The summed E-state index contributed by atoms with van der Waals surface area (Å²) in [5, 5.41) is 2.58. The van der Waals surface area contributed by atoms with E-state index in [4.69, 9.17) is 0 Å². The molecule has 4 aliphatic rings. The van der Waals surface area contributed by atoms with Gasteiger partial charge in [-0.2, -0.15) is 0 Å². The first kappa shape index (κ1) is 27.5. The molecule has 1 aliphatic heterocycles. The number of fused-ring (bicyclic) bond motifs is 7. The molecule has 2 heteroatoms. The highest BCUT2D eigenvalue weighted by Gasteiger charge is 2.38. The number of anilines is 1. The van der Waals surface area contributed by atoms with Crippen LogP contribution in [0.1, 0.15) is 41.9 Å². The maximum Gasteiger partial charge on any atom is 0.0626 e. The summed E-state index contributed by atoms with van der Waals surface area (Å²) in [7, 11) is 0. The predicted octanol–water partition coefficient (Wildman–Crippen LogP) is 11.7. The molecule has 2 nitrogen and oxygen atoms in total. The van der Waals surface area contributed by atoms with Crippen molar-refractivity contribution in [3.8, 4) is 27.9 Å². The molecular formula is C46H36N2. The van der Waals surface area contributed by atoms with E-state index in [9.17, 15) is 0 Å². The number of allylic oxidation sites excluding steroid dienone is 7. The van der Waals surface area contributed by atoms with Gasteiger partial charge in [0.15, 0.2) is 0 Å². The lowest BCUT2D eigenvalue weighted by Crippen LogP contribution is -2.32. The van der Waals surface area contributed by atoms with Gasteiger partial charge in [0.2, 0.25) is 0 Å². The zero-order valence-electron chi connectivity index (χ0n) is 26.9. The van der Waals surface area contributed by atoms with Crippen molar-refractivity contribution in [2.45, 2.75) is 37.6 Å². The molecule has 0 saturated carbocycles. The maximum atomic E-state index is 2.59. The van der Waals surface area contributed by atoms with Crippen LogP contribution in [-0.4, -0.2) is 10.6 Å². The van der Waals surface area contributed by atoms with Gasteiger partial charge in [-0.15, -0.1) is 0 Å². The second-order valence-electron chi connectivity index (χ2n) is 13.5. The molecule has 0 amide bonds. The van der Waals surface area contributed by atoms with Crippen LogP contribution in [0, 0.1) is 0 Å². The minimum absolute atomic E-state index is 0.332. The molecule has 10 rings (SSSR count). The van der Waals surface area contributed by atoms with E-state index in [1.165, 1.54) is 77.8 Å². The number of hydrogen-bond acceptors (Lipinski definition) is 1. The molecule has 0 N–H and O–H groups in total. The van der Waals surface area contributed by atoms with Crippen molar-refractivity contribution in [3.63, 3.8) is 0 Å². The fourth-order valence-corrected chi connectivity index (χ4v) is 8.67. The van der Waals surface area contributed by atoms with Crippen molar-refractivity contribution in [1.82, 2.24) is 4.57 Å². The van der Waals surface area contributed by atoms with Crippen LogP contribution in [0.25, 0.3) is 55.8 Å². The van der Waals surface area contributed by atoms with Crippen molar-refractivity contribution in [2.24, 2.45) is 0 Å². The number of benzene rings is 5. The highest BCUT2D eigenvalue weighted by atomic mass is 15.2. The first-order valence-electron chi connectivity index (χ1n) is 17.4. The standard InChI is InChI=1S/C46H36N2/c1-2-15-34(16-3-1)47-43-22-10-8-20-38(43)40-29-32(25-27-45(40)47)35-17-6-7-18-36(35)33-26-28-46-41(30-33)39-21-9-11-23-44(39)48(46)42-24-12-14-31-13-4-5-19-37(31)42/h1-2,5-12,14-15,17-30,38,43H,3-4,13,16H2. The van der Waals surface area contributed by atoms with E-state index >= 15 is 0 Å². The SMILES string of the molecule is C1=CCCC(N2c3ccc(-c4ccccc4-c4ccc5c(c4)c4ccccc4n5-c4cccc5c4C=CCC5)cc3C3C=CC=CC32)=C1. The van der Waals surface area contributed by atoms with E-state index in [-0.39, 0.29) is 0 Å². The molecule has 0 fully saturated rings. The Balaban J connectivity index is 1.11. The van der Waals surface area contributed by atoms with Crippen LogP contribution in [0.3, 0.4) is 0 Å². The fraction of sp³-hybridized carbons (Fsp3) is 0.130. The van der Waals surface area contributed by atoms with Gasteiger partial charge in [-0.1, -0.05) is 115 Å². The molecule has 0 spiro atoms. The smallest absolute Gasteiger partial charge is 0.0626 e. The largest absolute Gasteiger partial charge is 0.337 e. The topological polar surface area (TPSA) is 8.17 Å². The minimum Gasteiger partial charge on any atom is -0.337 e. The van der Waals surface area contributed by atoms with Gasteiger partial charge >= 0.3 is 0 Å². The number of aryl methyl sites for hydroxylation is 1. The molecule has 6 aromatic rings. The molecule has 230 valence electrons. The average Bonchev–Trinajstić information content (AvgIpc) is 3.67. The zero-order chi connectivity index (χ0) is 31.6. The Morgan fingerprint density at radius 2 is 1.38 bits per heavy atom. The first-order chi connectivity index (χ1) is 23.8. The molecular weight excluding hydrogens is 581 g/mol. The molecule has 2 heterocycles. The lowest BCUT2D eigenvalue weighted by atomic mass is 9.88. The van der Waals surface area contributed by atoms with E-state index in [0.717, 1.165) is 25.7 Å². The molecule has 2 unspecified atom stereocenters. The Labute approximate surface area is 282 Å². The van der Waals surface area contributed by atoms with Crippen molar-refractivity contribution >= 4 is 33.6 Å². The van der Waals surface area contributed by atoms with Gasteiger partial charge in [0.05, 0.1) is 22.8 Å². The molecule has 0 saturated heterocycles. The second-order valence-corrected chi connectivity index (χ2v) is 13.5. The van der Waals surface area contributed by atoms with Crippen molar-refractivity contribution < 1.29 is 0 Å². The minimum atomic E-state index is 0.332. The van der Waals surface area contributed by atoms with Gasteiger partial charge in [0.25, 0.3) is 0 Å². The molecule has 2 atom stereocenters. The summed E-state index contributed by atoms with van der Waals surface area (Å²) < 4.78 is 2.47. The quantitative estimate of drug-likeness (QED) is 0.191. The van der Waals surface area contributed by atoms with Crippen LogP contribution in [0.5, 0.6) is 0 Å².